The quantitative estimate of drug-likeness (QED) is 0.537. The van der Waals surface area contributed by atoms with E-state index in [4.69, 9.17) is 10.6 Å². The predicted octanol–water partition coefficient (Wildman–Crippen LogP) is -0.520. The second-order valence-corrected chi connectivity index (χ2v) is 7.72. The molecule has 0 bridgehead atoms. The van der Waals surface area contributed by atoms with Gasteiger partial charge in [-0.2, -0.15) is 26.7 Å². The van der Waals surface area contributed by atoms with E-state index in [2.05, 4.69) is 20.4 Å². The molecule has 1 aromatic rings. The van der Waals surface area contributed by atoms with E-state index in [0.717, 1.165) is 5.75 Å². The Balaban J connectivity index is 2.40. The zero-order valence-electron chi connectivity index (χ0n) is 11.8. The highest BCUT2D eigenvalue weighted by atomic mass is 32.2. The zero-order valence-corrected chi connectivity index (χ0v) is 13.4. The number of hydrogen-bond donors (Lipinski definition) is 2. The number of nitrogens with zero attached hydrogens (tertiary/aromatic N) is 4. The minimum atomic E-state index is -3.26. The molecule has 3 N–H and O–H groups in total. The van der Waals surface area contributed by atoms with Crippen molar-refractivity contribution in [1.82, 2.24) is 15.0 Å². The molecule has 0 aliphatic carbocycles. The van der Waals surface area contributed by atoms with Crippen molar-refractivity contribution in [3.05, 3.63) is 0 Å². The molecule has 118 valence electrons. The van der Waals surface area contributed by atoms with E-state index in [-0.39, 0.29) is 17.9 Å². The number of hydrogen-bond acceptors (Lipinski definition) is 10. The van der Waals surface area contributed by atoms with Gasteiger partial charge in [0.25, 0.3) is 0 Å². The lowest BCUT2D eigenvalue weighted by molar-refractivity contribution is 0.312. The van der Waals surface area contributed by atoms with Crippen molar-refractivity contribution in [2.45, 2.75) is 12.3 Å². The Bertz CT molecular complexity index is 596. The third-order valence-electron chi connectivity index (χ3n) is 2.84. The van der Waals surface area contributed by atoms with Crippen LogP contribution in [0, 0.1) is 0 Å². The molecule has 1 aliphatic heterocycles. The van der Waals surface area contributed by atoms with Gasteiger partial charge in [-0.25, -0.2) is 14.3 Å². The molecular formula is C10H18N6O3S2. The minimum Gasteiger partial charge on any atom is -0.464 e. The Labute approximate surface area is 127 Å². The lowest BCUT2D eigenvalue weighted by atomic mass is 10.5. The number of nitrogen functional groups attached to an aromatic ring is 1. The van der Waals surface area contributed by atoms with E-state index in [9.17, 15) is 8.42 Å². The summed E-state index contributed by atoms with van der Waals surface area (Å²) in [7, 11) is -3.26. The molecule has 0 spiro atoms. The molecular weight excluding hydrogens is 316 g/mol. The maximum Gasteiger partial charge on any atom is 0.323 e. The van der Waals surface area contributed by atoms with E-state index in [0.29, 0.717) is 18.9 Å². The second kappa shape index (κ2) is 6.62. The maximum absolute atomic E-state index is 11.9. The van der Waals surface area contributed by atoms with Crippen molar-refractivity contribution in [2.24, 2.45) is 5.84 Å². The molecule has 1 atom stereocenters. The topological polar surface area (TPSA) is 123 Å². The molecule has 0 amide bonds. The van der Waals surface area contributed by atoms with Gasteiger partial charge in [0.15, 0.2) is 9.84 Å². The first kappa shape index (κ1) is 16.0. The summed E-state index contributed by atoms with van der Waals surface area (Å²) in [4.78, 5) is 13.9. The number of ether oxygens (including phenoxy) is 1. The molecule has 2 rings (SSSR count). The molecule has 0 aromatic carbocycles. The summed E-state index contributed by atoms with van der Waals surface area (Å²) >= 11 is 1.59. The molecule has 1 aromatic heterocycles. The van der Waals surface area contributed by atoms with Gasteiger partial charge in [-0.3, -0.25) is 5.43 Å². The summed E-state index contributed by atoms with van der Waals surface area (Å²) in [5.41, 5.74) is 2.34. The van der Waals surface area contributed by atoms with Crippen LogP contribution in [0.15, 0.2) is 0 Å². The van der Waals surface area contributed by atoms with Crippen LogP contribution in [0.3, 0.4) is 0 Å². The van der Waals surface area contributed by atoms with Gasteiger partial charge in [-0.1, -0.05) is 0 Å². The predicted molar refractivity (Wildman–Crippen MR) is 82.1 cm³/mol. The molecule has 9 nitrogen and oxygen atoms in total. The summed E-state index contributed by atoms with van der Waals surface area (Å²) in [6.45, 7) is 2.72. The summed E-state index contributed by atoms with van der Waals surface area (Å²) in [6.07, 6.45) is 1.21. The van der Waals surface area contributed by atoms with Crippen LogP contribution in [0.4, 0.5) is 11.9 Å². The van der Waals surface area contributed by atoms with Gasteiger partial charge in [0, 0.05) is 24.3 Å². The fourth-order valence-corrected chi connectivity index (χ4v) is 4.71. The Hall–Kier alpha value is -1.33. The molecule has 1 unspecified atom stereocenters. The van der Waals surface area contributed by atoms with Crippen LogP contribution < -0.4 is 20.9 Å². The summed E-state index contributed by atoms with van der Waals surface area (Å²) in [5.74, 6) is 6.99. The van der Waals surface area contributed by atoms with Gasteiger partial charge in [-0.05, 0) is 6.92 Å². The van der Waals surface area contributed by atoms with Gasteiger partial charge in [-0.15, -0.1) is 0 Å². The Morgan fingerprint density at radius 1 is 1.48 bits per heavy atom. The Morgan fingerprint density at radius 2 is 2.24 bits per heavy atom. The molecule has 1 aliphatic rings. The van der Waals surface area contributed by atoms with Crippen LogP contribution in [-0.2, 0) is 9.84 Å². The fourth-order valence-electron chi connectivity index (χ4n) is 1.90. The standard InChI is InChI=1S/C10H18N6O3S2/c1-3-19-10-13-8(15-11)12-9(14-10)16-4-5-20-6-7(16)21(2,17)18/h7H,3-6,11H2,1-2H3,(H,12,13,14,15). The number of sulfone groups is 1. The third kappa shape index (κ3) is 3.86. The van der Waals surface area contributed by atoms with Gasteiger partial charge >= 0.3 is 6.01 Å². The highest BCUT2D eigenvalue weighted by molar-refractivity contribution is 8.01. The SMILES string of the molecule is CCOc1nc(NN)nc(N2CCSCC2S(C)(=O)=O)n1. The van der Waals surface area contributed by atoms with Gasteiger partial charge in [0.1, 0.15) is 5.37 Å². The molecule has 2 heterocycles. The van der Waals surface area contributed by atoms with Crippen molar-refractivity contribution < 1.29 is 13.2 Å². The number of hydrazine groups is 1. The van der Waals surface area contributed by atoms with Crippen molar-refractivity contribution in [3.8, 4) is 6.01 Å². The Kier molecular flexibility index (Phi) is 5.06. The average Bonchev–Trinajstić information content (AvgIpc) is 2.46. The lowest BCUT2D eigenvalue weighted by Gasteiger charge is -2.33. The van der Waals surface area contributed by atoms with E-state index in [1.807, 2.05) is 0 Å². The van der Waals surface area contributed by atoms with E-state index >= 15 is 0 Å². The molecule has 21 heavy (non-hydrogen) atoms. The first-order valence-electron chi connectivity index (χ1n) is 6.34. The van der Waals surface area contributed by atoms with Crippen LogP contribution in [0.1, 0.15) is 6.92 Å². The van der Waals surface area contributed by atoms with E-state index < -0.39 is 15.2 Å². The fraction of sp³-hybridized carbons (Fsp3) is 0.700. The Morgan fingerprint density at radius 3 is 2.86 bits per heavy atom. The first-order valence-corrected chi connectivity index (χ1v) is 9.45. The number of thioether (sulfide) groups is 1. The van der Waals surface area contributed by atoms with Gasteiger partial charge < -0.3 is 9.64 Å². The summed E-state index contributed by atoms with van der Waals surface area (Å²) in [5, 5.41) is -0.668. The molecule has 0 saturated carbocycles. The van der Waals surface area contributed by atoms with Crippen molar-refractivity contribution in [1.29, 1.82) is 0 Å². The zero-order chi connectivity index (χ0) is 15.5. The number of nitrogens with one attached hydrogen (secondary N) is 1. The minimum absolute atomic E-state index is 0.112. The van der Waals surface area contributed by atoms with Crippen LogP contribution in [-0.4, -0.2) is 59.7 Å². The molecule has 1 saturated heterocycles. The maximum atomic E-state index is 11.9. The molecule has 1 fully saturated rings. The van der Waals surface area contributed by atoms with Crippen molar-refractivity contribution in [2.75, 3.05) is 41.2 Å². The lowest BCUT2D eigenvalue weighted by Crippen LogP contribution is -2.48. The van der Waals surface area contributed by atoms with Gasteiger partial charge in [0.2, 0.25) is 11.9 Å². The smallest absolute Gasteiger partial charge is 0.323 e. The van der Waals surface area contributed by atoms with Crippen LogP contribution in [0.25, 0.3) is 0 Å². The number of aromatic nitrogens is 3. The van der Waals surface area contributed by atoms with Crippen molar-refractivity contribution >= 4 is 33.5 Å². The largest absolute Gasteiger partial charge is 0.464 e. The van der Waals surface area contributed by atoms with Gasteiger partial charge in [0.05, 0.1) is 6.61 Å². The van der Waals surface area contributed by atoms with Crippen LogP contribution in [0.5, 0.6) is 6.01 Å². The number of rotatable bonds is 5. The van der Waals surface area contributed by atoms with E-state index in [1.165, 1.54) is 6.26 Å². The monoisotopic (exact) mass is 334 g/mol. The van der Waals surface area contributed by atoms with Crippen molar-refractivity contribution in [3.63, 3.8) is 0 Å². The number of nitrogens with two attached hydrogens (primary N) is 1. The normalized spacial score (nSPS) is 19.4. The average molecular weight is 334 g/mol. The highest BCUT2D eigenvalue weighted by Crippen LogP contribution is 2.25. The highest BCUT2D eigenvalue weighted by Gasteiger charge is 2.33. The molecule has 0 radical (unpaired) electrons. The van der Waals surface area contributed by atoms with Crippen LogP contribution >= 0.6 is 11.8 Å². The molecule has 11 heteroatoms. The summed E-state index contributed by atoms with van der Waals surface area (Å²) in [6, 6.07) is 0.112. The summed E-state index contributed by atoms with van der Waals surface area (Å²) < 4.78 is 29.1. The second-order valence-electron chi connectivity index (χ2n) is 4.37. The van der Waals surface area contributed by atoms with Crippen LogP contribution in [0.2, 0.25) is 0 Å². The number of anilines is 2. The first-order chi connectivity index (χ1) is 9.95. The third-order valence-corrected chi connectivity index (χ3v) is 5.48. The van der Waals surface area contributed by atoms with E-state index in [1.54, 1.807) is 23.6 Å².